The summed E-state index contributed by atoms with van der Waals surface area (Å²) in [5.74, 6) is -0.842. The third kappa shape index (κ3) is 4.39. The SMILES string of the molecule is COCc1cc(=O)c(O)c([C@@H](CC(=O)OC)c2ccc(OC)cc2)o1. The van der Waals surface area contributed by atoms with Gasteiger partial charge in [0.25, 0.3) is 0 Å². The maximum Gasteiger partial charge on any atom is 0.306 e. The first-order chi connectivity index (χ1) is 12.0. The number of hydrogen-bond donors (Lipinski definition) is 1. The van der Waals surface area contributed by atoms with Crippen LogP contribution in [0.25, 0.3) is 0 Å². The quantitative estimate of drug-likeness (QED) is 0.766. The smallest absolute Gasteiger partial charge is 0.306 e. The van der Waals surface area contributed by atoms with Gasteiger partial charge in [0.05, 0.1) is 26.6 Å². The molecular formula is C18H20O7. The third-order valence-electron chi connectivity index (χ3n) is 3.72. The summed E-state index contributed by atoms with van der Waals surface area (Å²) in [6.45, 7) is 0.0656. The molecule has 0 aliphatic rings. The van der Waals surface area contributed by atoms with E-state index in [4.69, 9.17) is 18.6 Å². The summed E-state index contributed by atoms with van der Waals surface area (Å²) < 4.78 is 20.5. The third-order valence-corrected chi connectivity index (χ3v) is 3.72. The van der Waals surface area contributed by atoms with Crippen LogP contribution in [-0.4, -0.2) is 32.4 Å². The largest absolute Gasteiger partial charge is 0.502 e. The molecule has 0 aliphatic heterocycles. The summed E-state index contributed by atoms with van der Waals surface area (Å²) in [6.07, 6.45) is -0.101. The molecule has 0 aliphatic carbocycles. The number of benzene rings is 1. The lowest BCUT2D eigenvalue weighted by Gasteiger charge is -2.17. The van der Waals surface area contributed by atoms with Crippen molar-refractivity contribution in [3.8, 4) is 11.5 Å². The van der Waals surface area contributed by atoms with Gasteiger partial charge >= 0.3 is 5.97 Å². The number of aromatic hydroxyl groups is 1. The van der Waals surface area contributed by atoms with Crippen LogP contribution in [0.3, 0.4) is 0 Å². The Labute approximate surface area is 144 Å². The van der Waals surface area contributed by atoms with Gasteiger partial charge in [-0.05, 0) is 17.7 Å². The normalized spacial score (nSPS) is 11.8. The summed E-state index contributed by atoms with van der Waals surface area (Å²) in [4.78, 5) is 23.9. The monoisotopic (exact) mass is 348 g/mol. The van der Waals surface area contributed by atoms with Gasteiger partial charge in [0, 0.05) is 13.2 Å². The molecule has 134 valence electrons. The molecule has 1 N–H and O–H groups in total. The zero-order chi connectivity index (χ0) is 18.4. The molecule has 1 aromatic carbocycles. The molecule has 1 aromatic heterocycles. The van der Waals surface area contributed by atoms with Crippen molar-refractivity contribution in [1.82, 2.24) is 0 Å². The second kappa shape index (κ2) is 8.34. The molecule has 1 atom stereocenters. The van der Waals surface area contributed by atoms with Gasteiger partial charge in [-0.2, -0.15) is 0 Å². The van der Waals surface area contributed by atoms with Crippen LogP contribution in [0.2, 0.25) is 0 Å². The molecule has 0 radical (unpaired) electrons. The van der Waals surface area contributed by atoms with E-state index in [1.165, 1.54) is 14.2 Å². The van der Waals surface area contributed by atoms with Gasteiger partial charge in [0.15, 0.2) is 5.76 Å². The number of rotatable bonds is 7. The molecule has 0 saturated carbocycles. The summed E-state index contributed by atoms with van der Waals surface area (Å²) in [5.41, 5.74) is 0.0656. The van der Waals surface area contributed by atoms with E-state index in [1.807, 2.05) is 0 Å². The Kier molecular flexibility index (Phi) is 6.19. The predicted octanol–water partition coefficient (Wildman–Crippen LogP) is 2.20. The number of hydrogen-bond acceptors (Lipinski definition) is 7. The van der Waals surface area contributed by atoms with E-state index in [0.29, 0.717) is 11.3 Å². The second-order valence-electron chi connectivity index (χ2n) is 5.33. The van der Waals surface area contributed by atoms with E-state index in [1.54, 1.807) is 31.4 Å². The Morgan fingerprint density at radius 3 is 2.44 bits per heavy atom. The van der Waals surface area contributed by atoms with Crippen molar-refractivity contribution in [3.63, 3.8) is 0 Å². The summed E-state index contributed by atoms with van der Waals surface area (Å²) in [5, 5.41) is 10.2. The van der Waals surface area contributed by atoms with Gasteiger partial charge in [0.2, 0.25) is 11.2 Å². The standard InChI is InChI=1S/C18H20O7/c1-22-10-13-8-15(19)17(21)18(25-13)14(9-16(20)24-3)11-4-6-12(23-2)7-5-11/h4-8,14,21H,9-10H2,1-3H3/t14-/m0/s1. The fraction of sp³-hybridized carbons (Fsp3) is 0.333. The average molecular weight is 348 g/mol. The predicted molar refractivity (Wildman–Crippen MR) is 88.8 cm³/mol. The van der Waals surface area contributed by atoms with Gasteiger partial charge in [-0.3, -0.25) is 9.59 Å². The Balaban J connectivity index is 2.54. The van der Waals surface area contributed by atoms with Crippen molar-refractivity contribution in [2.75, 3.05) is 21.3 Å². The van der Waals surface area contributed by atoms with E-state index < -0.39 is 23.1 Å². The lowest BCUT2D eigenvalue weighted by molar-refractivity contribution is -0.140. The van der Waals surface area contributed by atoms with Gasteiger partial charge in [-0.1, -0.05) is 12.1 Å². The minimum absolute atomic E-state index is 0.00452. The van der Waals surface area contributed by atoms with Crippen molar-refractivity contribution in [2.45, 2.75) is 18.9 Å². The highest BCUT2D eigenvalue weighted by atomic mass is 16.5. The lowest BCUT2D eigenvalue weighted by atomic mass is 9.92. The Bertz CT molecular complexity index is 777. The van der Waals surface area contributed by atoms with Crippen LogP contribution < -0.4 is 10.2 Å². The minimum atomic E-state index is -0.692. The molecule has 1 heterocycles. The van der Waals surface area contributed by atoms with Crippen LogP contribution in [0, 0.1) is 0 Å². The number of carbonyl (C=O) groups is 1. The first kappa shape index (κ1) is 18.5. The van der Waals surface area contributed by atoms with Crippen LogP contribution in [0.1, 0.15) is 29.4 Å². The van der Waals surface area contributed by atoms with Crippen LogP contribution in [0.5, 0.6) is 11.5 Å². The van der Waals surface area contributed by atoms with Crippen molar-refractivity contribution >= 4 is 5.97 Å². The van der Waals surface area contributed by atoms with E-state index >= 15 is 0 Å². The summed E-state index contributed by atoms with van der Waals surface area (Å²) in [6, 6.07) is 8.05. The molecule has 0 unspecified atom stereocenters. The van der Waals surface area contributed by atoms with Crippen molar-refractivity contribution < 1.29 is 28.5 Å². The molecule has 0 fully saturated rings. The summed E-state index contributed by atoms with van der Waals surface area (Å²) >= 11 is 0. The van der Waals surface area contributed by atoms with Crippen molar-refractivity contribution in [1.29, 1.82) is 0 Å². The number of methoxy groups -OCH3 is 3. The number of esters is 1. The maximum atomic E-state index is 12.0. The molecule has 0 saturated heterocycles. The molecule has 0 bridgehead atoms. The lowest BCUT2D eigenvalue weighted by Crippen LogP contribution is -2.14. The molecular weight excluding hydrogens is 328 g/mol. The zero-order valence-electron chi connectivity index (χ0n) is 14.3. The highest BCUT2D eigenvalue weighted by Gasteiger charge is 2.26. The van der Waals surface area contributed by atoms with Crippen LogP contribution in [0.4, 0.5) is 0 Å². The maximum absolute atomic E-state index is 12.0. The Morgan fingerprint density at radius 1 is 1.20 bits per heavy atom. The highest BCUT2D eigenvalue weighted by Crippen LogP contribution is 2.34. The van der Waals surface area contributed by atoms with Gasteiger partial charge in [0.1, 0.15) is 18.1 Å². The van der Waals surface area contributed by atoms with E-state index in [-0.39, 0.29) is 24.5 Å². The van der Waals surface area contributed by atoms with Crippen LogP contribution in [-0.2, 0) is 20.9 Å². The molecule has 2 aromatic rings. The molecule has 7 nitrogen and oxygen atoms in total. The molecule has 0 spiro atoms. The minimum Gasteiger partial charge on any atom is -0.502 e. The van der Waals surface area contributed by atoms with Gasteiger partial charge in [-0.15, -0.1) is 0 Å². The summed E-state index contributed by atoms with van der Waals surface area (Å²) in [7, 11) is 4.27. The Morgan fingerprint density at radius 2 is 1.88 bits per heavy atom. The van der Waals surface area contributed by atoms with Crippen LogP contribution in [0.15, 0.2) is 39.5 Å². The zero-order valence-corrected chi connectivity index (χ0v) is 14.3. The fourth-order valence-electron chi connectivity index (χ4n) is 2.45. The number of ether oxygens (including phenoxy) is 3. The van der Waals surface area contributed by atoms with Crippen molar-refractivity contribution in [3.05, 3.63) is 57.6 Å². The Hall–Kier alpha value is -2.80. The molecule has 25 heavy (non-hydrogen) atoms. The topological polar surface area (TPSA) is 95.2 Å². The van der Waals surface area contributed by atoms with E-state index in [0.717, 1.165) is 6.07 Å². The second-order valence-corrected chi connectivity index (χ2v) is 5.33. The number of carbonyl (C=O) groups excluding carboxylic acids is 1. The first-order valence-electron chi connectivity index (χ1n) is 7.55. The van der Waals surface area contributed by atoms with Crippen LogP contribution >= 0.6 is 0 Å². The molecule has 7 heteroatoms. The van der Waals surface area contributed by atoms with Gasteiger partial charge in [-0.25, -0.2) is 0 Å². The van der Waals surface area contributed by atoms with Gasteiger partial charge < -0.3 is 23.7 Å². The molecule has 0 amide bonds. The average Bonchev–Trinajstić information content (AvgIpc) is 2.63. The fourth-order valence-corrected chi connectivity index (χ4v) is 2.45. The van der Waals surface area contributed by atoms with E-state index in [2.05, 4.69) is 0 Å². The van der Waals surface area contributed by atoms with Crippen molar-refractivity contribution in [2.24, 2.45) is 0 Å². The van der Waals surface area contributed by atoms with E-state index in [9.17, 15) is 14.7 Å². The highest BCUT2D eigenvalue weighted by molar-refractivity contribution is 5.71. The molecule has 2 rings (SSSR count). The first-order valence-corrected chi connectivity index (χ1v) is 7.55.